The van der Waals surface area contributed by atoms with Crippen molar-refractivity contribution in [1.82, 2.24) is 20.6 Å². The van der Waals surface area contributed by atoms with Crippen molar-refractivity contribution in [2.75, 3.05) is 20.2 Å². The molecule has 0 aliphatic carbocycles. The molecule has 0 aliphatic rings. The maximum atomic E-state index is 12.4. The van der Waals surface area contributed by atoms with E-state index in [0.29, 0.717) is 17.0 Å². The molecule has 0 fully saturated rings. The summed E-state index contributed by atoms with van der Waals surface area (Å²) < 4.78 is 29.6. The number of esters is 1. The number of rotatable bonds is 9. The van der Waals surface area contributed by atoms with Crippen LogP contribution in [0.4, 0.5) is 8.78 Å². The smallest absolute Gasteiger partial charge is 0.306 e. The molecule has 0 spiro atoms. The van der Waals surface area contributed by atoms with Crippen LogP contribution in [0.1, 0.15) is 23.4 Å². The first-order chi connectivity index (χ1) is 12.2. The molecule has 1 heterocycles. The lowest BCUT2D eigenvalue weighted by atomic mass is 10.1. The minimum atomic E-state index is -2.61. The second kappa shape index (κ2) is 10.6. The number of hydrogen-bond acceptors (Lipinski definition) is 7. The number of aromatic nitrogens is 2. The van der Waals surface area contributed by atoms with Crippen molar-refractivity contribution >= 4 is 29.5 Å². The summed E-state index contributed by atoms with van der Waals surface area (Å²) in [6.45, 7) is 2.61. The Kier molecular flexibility index (Phi) is 8.90. The number of amides is 2. The van der Waals surface area contributed by atoms with E-state index in [2.05, 4.69) is 20.6 Å². The molecule has 0 aromatic carbocycles. The van der Waals surface area contributed by atoms with E-state index in [1.807, 2.05) is 0 Å². The predicted octanol–water partition coefficient (Wildman–Crippen LogP) is 0.746. The molecular weight excluding hydrogens is 370 g/mol. The summed E-state index contributed by atoms with van der Waals surface area (Å²) in [6.07, 6.45) is 0.241. The van der Waals surface area contributed by atoms with Gasteiger partial charge in [0, 0.05) is 24.9 Å². The summed E-state index contributed by atoms with van der Waals surface area (Å²) in [5.41, 5.74) is 1.69. The zero-order chi connectivity index (χ0) is 19.7. The number of ether oxygens (including phenoxy) is 1. The molecule has 1 aromatic rings. The second-order valence-electron chi connectivity index (χ2n) is 5.14. The summed E-state index contributed by atoms with van der Waals surface area (Å²) in [7, 11) is 1.43. The first kappa shape index (κ1) is 21.7. The highest BCUT2D eigenvalue weighted by Gasteiger charge is 2.15. The fourth-order valence-corrected chi connectivity index (χ4v) is 2.51. The molecule has 2 N–H and O–H groups in total. The van der Waals surface area contributed by atoms with Gasteiger partial charge in [0.25, 0.3) is 11.7 Å². The fraction of sp³-hybridized carbons (Fsp3) is 0.533. The van der Waals surface area contributed by atoms with Crippen molar-refractivity contribution in [3.63, 3.8) is 0 Å². The van der Waals surface area contributed by atoms with Crippen molar-refractivity contribution in [1.29, 1.82) is 0 Å². The van der Waals surface area contributed by atoms with E-state index in [4.69, 9.17) is 4.74 Å². The van der Waals surface area contributed by atoms with Crippen LogP contribution in [0, 0.1) is 13.8 Å². The number of carbonyl (C=O) groups excluding carboxylic acids is 3. The van der Waals surface area contributed by atoms with Crippen LogP contribution in [0.25, 0.3) is 0 Å². The molecule has 0 saturated heterocycles. The Hall–Kier alpha value is -2.30. The average Bonchev–Trinajstić information content (AvgIpc) is 2.56. The van der Waals surface area contributed by atoms with Gasteiger partial charge in [-0.2, -0.15) is 8.78 Å². The Labute approximate surface area is 153 Å². The second-order valence-corrected chi connectivity index (χ2v) is 6.10. The summed E-state index contributed by atoms with van der Waals surface area (Å²) in [5, 5.41) is 4.60. The standard InChI is InChI=1S/C15H20F2N4O4S/c1-8-10(9(2)21-15(20-8)26-14(16)17)4-5-13(24)25-7-12(23)19-6-11(22)18-3/h14H,4-7H2,1-3H3,(H,18,22)(H,19,23). The van der Waals surface area contributed by atoms with Gasteiger partial charge in [-0.05, 0) is 37.6 Å². The van der Waals surface area contributed by atoms with Crippen molar-refractivity contribution in [3.8, 4) is 0 Å². The normalized spacial score (nSPS) is 10.5. The van der Waals surface area contributed by atoms with Crippen molar-refractivity contribution in [2.24, 2.45) is 0 Å². The summed E-state index contributed by atoms with van der Waals surface area (Å²) in [4.78, 5) is 42.1. The molecule has 0 unspecified atom stereocenters. The van der Waals surface area contributed by atoms with Gasteiger partial charge in [-0.15, -0.1) is 0 Å². The van der Waals surface area contributed by atoms with Crippen LogP contribution in [0.15, 0.2) is 5.16 Å². The van der Waals surface area contributed by atoms with E-state index in [0.717, 1.165) is 0 Å². The minimum absolute atomic E-state index is 0.0187. The monoisotopic (exact) mass is 390 g/mol. The van der Waals surface area contributed by atoms with Gasteiger partial charge >= 0.3 is 5.97 Å². The zero-order valence-corrected chi connectivity index (χ0v) is 15.4. The lowest BCUT2D eigenvalue weighted by Crippen LogP contribution is -2.37. The third-order valence-electron chi connectivity index (χ3n) is 3.26. The van der Waals surface area contributed by atoms with Gasteiger partial charge in [0.2, 0.25) is 5.91 Å². The van der Waals surface area contributed by atoms with Crippen molar-refractivity contribution in [3.05, 3.63) is 17.0 Å². The molecule has 0 saturated carbocycles. The fourth-order valence-electron chi connectivity index (χ4n) is 1.97. The third kappa shape index (κ3) is 7.72. The topological polar surface area (TPSA) is 110 Å². The van der Waals surface area contributed by atoms with Crippen LogP contribution >= 0.6 is 11.8 Å². The minimum Gasteiger partial charge on any atom is -0.456 e. The van der Waals surface area contributed by atoms with Gasteiger partial charge < -0.3 is 15.4 Å². The van der Waals surface area contributed by atoms with Crippen LogP contribution in [-0.2, 0) is 25.5 Å². The number of likely N-dealkylation sites (N-methyl/N-ethyl adjacent to an activating group) is 1. The first-order valence-corrected chi connectivity index (χ1v) is 8.52. The Morgan fingerprint density at radius 1 is 1.15 bits per heavy atom. The largest absolute Gasteiger partial charge is 0.456 e. The van der Waals surface area contributed by atoms with Crippen LogP contribution in [0.5, 0.6) is 0 Å². The Morgan fingerprint density at radius 3 is 2.31 bits per heavy atom. The molecule has 26 heavy (non-hydrogen) atoms. The summed E-state index contributed by atoms with van der Waals surface area (Å²) in [5.74, 6) is -4.18. The third-order valence-corrected chi connectivity index (χ3v) is 3.83. The number of alkyl halides is 2. The maximum absolute atomic E-state index is 12.4. The number of hydrogen-bond donors (Lipinski definition) is 2. The predicted molar refractivity (Wildman–Crippen MR) is 89.7 cm³/mol. The molecule has 0 atom stereocenters. The SMILES string of the molecule is CNC(=O)CNC(=O)COC(=O)CCc1c(C)nc(SC(F)F)nc1C. The molecule has 11 heteroatoms. The summed E-state index contributed by atoms with van der Waals surface area (Å²) >= 11 is 0.259. The molecule has 144 valence electrons. The molecule has 0 aliphatic heterocycles. The maximum Gasteiger partial charge on any atom is 0.306 e. The lowest BCUT2D eigenvalue weighted by Gasteiger charge is -2.10. The molecule has 2 amide bonds. The molecule has 8 nitrogen and oxygen atoms in total. The zero-order valence-electron chi connectivity index (χ0n) is 14.6. The molecule has 1 rings (SSSR count). The van der Waals surface area contributed by atoms with Crippen LogP contribution in [-0.4, -0.2) is 53.7 Å². The van der Waals surface area contributed by atoms with E-state index >= 15 is 0 Å². The number of carbonyl (C=O) groups is 3. The Balaban J connectivity index is 2.47. The van der Waals surface area contributed by atoms with Gasteiger partial charge in [-0.1, -0.05) is 0 Å². The number of aryl methyl sites for hydroxylation is 2. The number of nitrogens with one attached hydrogen (secondary N) is 2. The van der Waals surface area contributed by atoms with Crippen LogP contribution < -0.4 is 10.6 Å². The van der Waals surface area contributed by atoms with Crippen LogP contribution in [0.2, 0.25) is 0 Å². The van der Waals surface area contributed by atoms with Gasteiger partial charge in [-0.3, -0.25) is 14.4 Å². The van der Waals surface area contributed by atoms with E-state index in [1.165, 1.54) is 7.05 Å². The highest BCUT2D eigenvalue weighted by molar-refractivity contribution is 7.99. The summed E-state index contributed by atoms with van der Waals surface area (Å²) in [6, 6.07) is 0. The highest BCUT2D eigenvalue weighted by Crippen LogP contribution is 2.24. The molecular formula is C15H20F2N4O4S. The first-order valence-electron chi connectivity index (χ1n) is 7.64. The molecule has 1 aromatic heterocycles. The van der Waals surface area contributed by atoms with E-state index in [1.54, 1.807) is 13.8 Å². The highest BCUT2D eigenvalue weighted by atomic mass is 32.2. The average molecular weight is 390 g/mol. The lowest BCUT2D eigenvalue weighted by molar-refractivity contribution is -0.148. The van der Waals surface area contributed by atoms with Gasteiger partial charge in [0.1, 0.15) is 0 Å². The Morgan fingerprint density at radius 2 is 1.77 bits per heavy atom. The van der Waals surface area contributed by atoms with E-state index < -0.39 is 24.2 Å². The number of thioether (sulfide) groups is 1. The van der Waals surface area contributed by atoms with Gasteiger partial charge in [-0.25, -0.2) is 9.97 Å². The quantitative estimate of drug-likeness (QED) is 0.364. The Bertz CT molecular complexity index is 650. The van der Waals surface area contributed by atoms with Crippen LogP contribution in [0.3, 0.4) is 0 Å². The van der Waals surface area contributed by atoms with Crippen molar-refractivity contribution in [2.45, 2.75) is 37.6 Å². The van der Waals surface area contributed by atoms with E-state index in [9.17, 15) is 23.2 Å². The van der Waals surface area contributed by atoms with E-state index in [-0.39, 0.29) is 42.2 Å². The number of nitrogens with zero attached hydrogens (tertiary/aromatic N) is 2. The molecule has 0 bridgehead atoms. The van der Waals surface area contributed by atoms with Gasteiger partial charge in [0.15, 0.2) is 11.8 Å². The number of halogens is 2. The van der Waals surface area contributed by atoms with Gasteiger partial charge in [0.05, 0.1) is 6.54 Å². The molecule has 0 radical (unpaired) electrons. The van der Waals surface area contributed by atoms with Crippen molar-refractivity contribution < 1.29 is 27.9 Å².